The third kappa shape index (κ3) is 3.12. The van der Waals surface area contributed by atoms with Crippen molar-refractivity contribution in [2.45, 2.75) is 13.3 Å². The second-order valence-electron chi connectivity index (χ2n) is 3.84. The topological polar surface area (TPSA) is 37.8 Å². The van der Waals surface area contributed by atoms with Crippen LogP contribution in [0.3, 0.4) is 0 Å². The molecule has 0 radical (unpaired) electrons. The van der Waals surface area contributed by atoms with Crippen molar-refractivity contribution < 1.29 is 0 Å². The van der Waals surface area contributed by atoms with Gasteiger partial charge in [0.15, 0.2) is 0 Å². The van der Waals surface area contributed by atoms with Crippen LogP contribution in [0.5, 0.6) is 0 Å². The normalized spacial score (nSPS) is 10.4. The Kier molecular flexibility index (Phi) is 4.39. The zero-order chi connectivity index (χ0) is 13.0. The Balaban J connectivity index is 2.25. The van der Waals surface area contributed by atoms with E-state index >= 15 is 0 Å². The lowest BCUT2D eigenvalue weighted by Gasteiger charge is -2.06. The van der Waals surface area contributed by atoms with Crippen molar-refractivity contribution in [1.82, 2.24) is 9.97 Å². The van der Waals surface area contributed by atoms with Crippen molar-refractivity contribution in [3.8, 4) is 11.3 Å². The largest absolute Gasteiger partial charge is 0.369 e. The summed E-state index contributed by atoms with van der Waals surface area (Å²) in [5, 5.41) is 4.41. The van der Waals surface area contributed by atoms with Gasteiger partial charge in [-0.05, 0) is 24.6 Å². The van der Waals surface area contributed by atoms with Crippen LogP contribution in [-0.2, 0) is 0 Å². The van der Waals surface area contributed by atoms with E-state index in [0.717, 1.165) is 24.3 Å². The molecule has 0 aliphatic heterocycles. The van der Waals surface area contributed by atoms with E-state index < -0.39 is 0 Å². The molecule has 2 rings (SSSR count). The molecule has 1 heterocycles. The molecule has 18 heavy (non-hydrogen) atoms. The van der Waals surface area contributed by atoms with E-state index in [2.05, 4.69) is 22.2 Å². The van der Waals surface area contributed by atoms with Crippen LogP contribution in [0.1, 0.15) is 13.3 Å². The summed E-state index contributed by atoms with van der Waals surface area (Å²) in [6, 6.07) is 5.29. The number of nitrogens with one attached hydrogen (secondary N) is 1. The maximum Gasteiger partial charge on any atom is 0.144 e. The van der Waals surface area contributed by atoms with Crippen LogP contribution >= 0.6 is 23.2 Å². The minimum Gasteiger partial charge on any atom is -0.369 e. The van der Waals surface area contributed by atoms with Crippen molar-refractivity contribution in [3.05, 3.63) is 40.6 Å². The van der Waals surface area contributed by atoms with Crippen LogP contribution in [-0.4, -0.2) is 16.5 Å². The first-order valence-electron chi connectivity index (χ1n) is 5.72. The minimum atomic E-state index is 0.614. The predicted molar refractivity (Wildman–Crippen MR) is 76.3 cm³/mol. The highest BCUT2D eigenvalue weighted by Gasteiger charge is 2.06. The van der Waals surface area contributed by atoms with Gasteiger partial charge >= 0.3 is 0 Å². The lowest BCUT2D eigenvalue weighted by Crippen LogP contribution is -2.02. The van der Waals surface area contributed by atoms with E-state index in [1.165, 1.54) is 0 Å². The van der Waals surface area contributed by atoms with Crippen molar-refractivity contribution in [2.75, 3.05) is 11.9 Å². The SMILES string of the molecule is CCCNc1cnc(-c2cc(Cl)ccc2Cl)cn1. The number of rotatable bonds is 4. The first kappa shape index (κ1) is 13.1. The fraction of sp³-hybridized carbons (Fsp3) is 0.231. The highest BCUT2D eigenvalue weighted by molar-refractivity contribution is 6.35. The van der Waals surface area contributed by atoms with Gasteiger partial charge in [-0.25, -0.2) is 4.98 Å². The number of nitrogens with zero attached hydrogens (tertiary/aromatic N) is 2. The average Bonchev–Trinajstić information content (AvgIpc) is 2.40. The highest BCUT2D eigenvalue weighted by atomic mass is 35.5. The quantitative estimate of drug-likeness (QED) is 0.909. The van der Waals surface area contributed by atoms with Gasteiger partial charge in [0.1, 0.15) is 5.82 Å². The summed E-state index contributed by atoms with van der Waals surface area (Å²) in [6.07, 6.45) is 4.43. The minimum absolute atomic E-state index is 0.614. The number of benzene rings is 1. The molecule has 0 aliphatic rings. The molecule has 0 unspecified atom stereocenters. The van der Waals surface area contributed by atoms with E-state index in [-0.39, 0.29) is 0 Å². The summed E-state index contributed by atoms with van der Waals surface area (Å²) >= 11 is 12.1. The molecule has 94 valence electrons. The van der Waals surface area contributed by atoms with E-state index in [4.69, 9.17) is 23.2 Å². The monoisotopic (exact) mass is 281 g/mol. The Labute approximate surface area is 116 Å². The molecule has 0 bridgehead atoms. The van der Waals surface area contributed by atoms with Gasteiger partial charge in [0.2, 0.25) is 0 Å². The first-order valence-corrected chi connectivity index (χ1v) is 6.47. The molecule has 0 saturated carbocycles. The maximum atomic E-state index is 6.11. The lowest BCUT2D eigenvalue weighted by molar-refractivity contribution is 0.965. The van der Waals surface area contributed by atoms with Gasteiger partial charge in [-0.2, -0.15) is 0 Å². The van der Waals surface area contributed by atoms with Gasteiger partial charge in [-0.3, -0.25) is 4.98 Å². The third-order valence-electron chi connectivity index (χ3n) is 2.41. The van der Waals surface area contributed by atoms with E-state index in [1.807, 2.05) is 0 Å². The van der Waals surface area contributed by atoms with Gasteiger partial charge in [0.25, 0.3) is 0 Å². The molecule has 1 aromatic heterocycles. The Hall–Kier alpha value is -1.32. The Morgan fingerprint density at radius 2 is 2.00 bits per heavy atom. The van der Waals surface area contributed by atoms with Gasteiger partial charge in [-0.1, -0.05) is 30.1 Å². The second kappa shape index (κ2) is 6.03. The summed E-state index contributed by atoms with van der Waals surface area (Å²) < 4.78 is 0. The van der Waals surface area contributed by atoms with Gasteiger partial charge in [0, 0.05) is 17.1 Å². The number of aromatic nitrogens is 2. The molecule has 2 aromatic rings. The van der Waals surface area contributed by atoms with Crippen molar-refractivity contribution in [2.24, 2.45) is 0 Å². The summed E-state index contributed by atoms with van der Waals surface area (Å²) in [5.74, 6) is 0.763. The smallest absolute Gasteiger partial charge is 0.144 e. The van der Waals surface area contributed by atoms with Gasteiger partial charge < -0.3 is 5.32 Å². The summed E-state index contributed by atoms with van der Waals surface area (Å²) in [6.45, 7) is 2.98. The van der Waals surface area contributed by atoms with E-state index in [9.17, 15) is 0 Å². The van der Waals surface area contributed by atoms with Gasteiger partial charge in [0.05, 0.1) is 23.1 Å². The molecule has 0 saturated heterocycles. The van der Waals surface area contributed by atoms with Crippen LogP contribution in [0, 0.1) is 0 Å². The molecule has 1 aromatic carbocycles. The molecule has 1 N–H and O–H groups in total. The van der Waals surface area contributed by atoms with Crippen molar-refractivity contribution in [3.63, 3.8) is 0 Å². The maximum absolute atomic E-state index is 6.11. The van der Waals surface area contributed by atoms with Gasteiger partial charge in [-0.15, -0.1) is 0 Å². The van der Waals surface area contributed by atoms with E-state index in [1.54, 1.807) is 30.6 Å². The van der Waals surface area contributed by atoms with Crippen LogP contribution in [0.4, 0.5) is 5.82 Å². The zero-order valence-corrected chi connectivity index (χ0v) is 11.5. The Morgan fingerprint density at radius 1 is 1.17 bits per heavy atom. The number of anilines is 1. The number of hydrogen-bond acceptors (Lipinski definition) is 3. The number of halogens is 2. The molecule has 0 fully saturated rings. The fourth-order valence-electron chi connectivity index (χ4n) is 1.51. The fourth-order valence-corrected chi connectivity index (χ4v) is 1.89. The molecule has 0 atom stereocenters. The summed E-state index contributed by atoms with van der Waals surface area (Å²) in [5.41, 5.74) is 1.50. The zero-order valence-electron chi connectivity index (χ0n) is 9.95. The Bertz CT molecular complexity index is 526. The predicted octanol–water partition coefficient (Wildman–Crippen LogP) is 4.27. The summed E-state index contributed by atoms with van der Waals surface area (Å²) in [7, 11) is 0. The average molecular weight is 282 g/mol. The van der Waals surface area contributed by atoms with Crippen LogP contribution in [0.2, 0.25) is 10.0 Å². The lowest BCUT2D eigenvalue weighted by atomic mass is 10.1. The molecular formula is C13H13Cl2N3. The molecule has 0 aliphatic carbocycles. The number of hydrogen-bond donors (Lipinski definition) is 1. The molecular weight excluding hydrogens is 269 g/mol. The van der Waals surface area contributed by atoms with Crippen molar-refractivity contribution >= 4 is 29.0 Å². The van der Waals surface area contributed by atoms with Crippen LogP contribution in [0.25, 0.3) is 11.3 Å². The molecule has 0 amide bonds. The Morgan fingerprint density at radius 3 is 2.67 bits per heavy atom. The van der Waals surface area contributed by atoms with Crippen LogP contribution in [0.15, 0.2) is 30.6 Å². The highest BCUT2D eigenvalue weighted by Crippen LogP contribution is 2.28. The summed E-state index contributed by atoms with van der Waals surface area (Å²) in [4.78, 5) is 8.62. The van der Waals surface area contributed by atoms with Crippen molar-refractivity contribution in [1.29, 1.82) is 0 Å². The standard InChI is InChI=1S/C13H13Cl2N3/c1-2-5-16-13-8-17-12(7-18-13)10-6-9(14)3-4-11(10)15/h3-4,6-8H,2,5H2,1H3,(H,16,18). The second-order valence-corrected chi connectivity index (χ2v) is 4.68. The molecule has 0 spiro atoms. The van der Waals surface area contributed by atoms with E-state index in [0.29, 0.717) is 15.7 Å². The third-order valence-corrected chi connectivity index (χ3v) is 2.98. The van der Waals surface area contributed by atoms with Crippen LogP contribution < -0.4 is 5.32 Å². The molecule has 3 nitrogen and oxygen atoms in total. The first-order chi connectivity index (χ1) is 8.70. The molecule has 5 heteroatoms.